The van der Waals surface area contributed by atoms with Crippen molar-refractivity contribution in [2.75, 3.05) is 30.7 Å². The van der Waals surface area contributed by atoms with Crippen molar-refractivity contribution in [2.45, 2.75) is 18.7 Å². The van der Waals surface area contributed by atoms with Crippen molar-refractivity contribution >= 4 is 38.6 Å². The van der Waals surface area contributed by atoms with Crippen LogP contribution in [0.2, 0.25) is 0 Å². The molecular formula is C23H23NO9S. The lowest BCUT2D eigenvalue weighted by molar-refractivity contribution is -0.145. The molecule has 0 unspecified atom stereocenters. The van der Waals surface area contributed by atoms with Gasteiger partial charge in [0.2, 0.25) is 0 Å². The number of sulfonamides is 1. The van der Waals surface area contributed by atoms with E-state index < -0.39 is 46.4 Å². The molecule has 0 aliphatic heterocycles. The number of hydrogen-bond donors (Lipinski definition) is 0. The lowest BCUT2D eigenvalue weighted by atomic mass is 10.2. The van der Waals surface area contributed by atoms with E-state index in [1.165, 1.54) is 36.4 Å². The molecule has 0 bridgehead atoms. The standard InChI is InChI=1S/C23H23NO9S/c1-3-30-19(25)14-24(34(28,29)16-10-6-5-7-11-16)21-22(32-15-20(26)31-4-2)17-12-8-9-13-18(17)33-23(21)27/h5-13H,3-4,14-15H2,1-2H3. The minimum atomic E-state index is -4.45. The van der Waals surface area contributed by atoms with Gasteiger partial charge in [-0.15, -0.1) is 0 Å². The Labute approximate surface area is 195 Å². The summed E-state index contributed by atoms with van der Waals surface area (Å²) in [5, 5.41) is 0.221. The molecule has 11 heteroatoms. The fourth-order valence-corrected chi connectivity index (χ4v) is 4.56. The fraction of sp³-hybridized carbons (Fsp3) is 0.261. The van der Waals surface area contributed by atoms with Gasteiger partial charge in [-0.25, -0.2) is 22.3 Å². The van der Waals surface area contributed by atoms with Crippen LogP contribution in [0.3, 0.4) is 0 Å². The average molecular weight is 490 g/mol. The summed E-state index contributed by atoms with van der Waals surface area (Å²) in [5.74, 6) is -1.87. The maximum absolute atomic E-state index is 13.5. The molecule has 34 heavy (non-hydrogen) atoms. The molecular weight excluding hydrogens is 466 g/mol. The molecule has 3 rings (SSSR count). The van der Waals surface area contributed by atoms with Crippen molar-refractivity contribution in [1.29, 1.82) is 0 Å². The van der Waals surface area contributed by atoms with E-state index in [9.17, 15) is 22.8 Å². The first-order valence-corrected chi connectivity index (χ1v) is 11.8. The smallest absolute Gasteiger partial charge is 0.364 e. The van der Waals surface area contributed by atoms with Crippen LogP contribution in [0.1, 0.15) is 13.8 Å². The second kappa shape index (κ2) is 10.8. The molecule has 0 amide bonds. The molecule has 0 N–H and O–H groups in total. The van der Waals surface area contributed by atoms with Crippen molar-refractivity contribution in [3.05, 3.63) is 65.0 Å². The lowest BCUT2D eigenvalue weighted by Crippen LogP contribution is -2.39. The van der Waals surface area contributed by atoms with Gasteiger partial charge in [0.05, 0.1) is 23.5 Å². The summed E-state index contributed by atoms with van der Waals surface area (Å²) >= 11 is 0. The summed E-state index contributed by atoms with van der Waals surface area (Å²) < 4.78 is 48.4. The highest BCUT2D eigenvalue weighted by molar-refractivity contribution is 7.92. The Morgan fingerprint density at radius 3 is 2.21 bits per heavy atom. The summed E-state index contributed by atoms with van der Waals surface area (Å²) in [6, 6.07) is 13.5. The Hall–Kier alpha value is -3.86. The average Bonchev–Trinajstić information content (AvgIpc) is 2.82. The Morgan fingerprint density at radius 1 is 0.912 bits per heavy atom. The van der Waals surface area contributed by atoms with Crippen molar-refractivity contribution < 1.29 is 36.6 Å². The van der Waals surface area contributed by atoms with Gasteiger partial charge in [0, 0.05) is 0 Å². The summed E-state index contributed by atoms with van der Waals surface area (Å²) in [7, 11) is -4.45. The van der Waals surface area contributed by atoms with Gasteiger partial charge in [0.25, 0.3) is 10.0 Å². The maximum atomic E-state index is 13.5. The zero-order valence-corrected chi connectivity index (χ0v) is 19.4. The summed E-state index contributed by atoms with van der Waals surface area (Å²) in [5.41, 5.74) is -1.55. The van der Waals surface area contributed by atoms with Crippen molar-refractivity contribution in [3.8, 4) is 5.75 Å². The number of fused-ring (bicyclic) bond motifs is 1. The highest BCUT2D eigenvalue weighted by Crippen LogP contribution is 2.36. The van der Waals surface area contributed by atoms with Crippen LogP contribution in [0.15, 0.2) is 68.7 Å². The number of carbonyl (C=O) groups excluding carboxylic acids is 2. The first kappa shape index (κ1) is 24.8. The van der Waals surface area contributed by atoms with Crippen LogP contribution in [-0.2, 0) is 29.1 Å². The number of rotatable bonds is 10. The van der Waals surface area contributed by atoms with Crippen LogP contribution < -0.4 is 14.7 Å². The predicted octanol–water partition coefficient (Wildman–Crippen LogP) is 2.49. The van der Waals surface area contributed by atoms with Crippen LogP contribution in [0, 0.1) is 0 Å². The molecule has 2 aromatic carbocycles. The van der Waals surface area contributed by atoms with Crippen LogP contribution in [0.25, 0.3) is 11.0 Å². The third-order valence-electron chi connectivity index (χ3n) is 4.54. The summed E-state index contributed by atoms with van der Waals surface area (Å²) in [6.07, 6.45) is 0. The topological polar surface area (TPSA) is 129 Å². The maximum Gasteiger partial charge on any atom is 0.364 e. The highest BCUT2D eigenvalue weighted by atomic mass is 32.2. The number of carbonyl (C=O) groups is 2. The molecule has 0 aliphatic rings. The number of anilines is 1. The molecule has 1 heterocycles. The van der Waals surface area contributed by atoms with Gasteiger partial charge in [-0.3, -0.25) is 4.79 Å². The van der Waals surface area contributed by atoms with Crippen LogP contribution in [0.5, 0.6) is 5.75 Å². The van der Waals surface area contributed by atoms with Crippen molar-refractivity contribution in [1.82, 2.24) is 0 Å². The SMILES string of the molecule is CCOC(=O)COc1c(N(CC(=O)OCC)S(=O)(=O)c2ccccc2)c(=O)oc2ccccc12. The number of nitrogens with zero attached hydrogens (tertiary/aromatic N) is 1. The van der Waals surface area contributed by atoms with E-state index in [1.807, 2.05) is 0 Å². The van der Waals surface area contributed by atoms with E-state index in [0.717, 1.165) is 0 Å². The Kier molecular flexibility index (Phi) is 7.90. The minimum absolute atomic E-state index is 0.00337. The Balaban J connectivity index is 2.25. The molecule has 0 aliphatic carbocycles. The van der Waals surface area contributed by atoms with Crippen LogP contribution in [-0.4, -0.2) is 46.7 Å². The van der Waals surface area contributed by atoms with Crippen molar-refractivity contribution in [3.63, 3.8) is 0 Å². The van der Waals surface area contributed by atoms with Gasteiger partial charge < -0.3 is 18.6 Å². The third kappa shape index (κ3) is 5.37. The molecule has 0 saturated heterocycles. The second-order valence-electron chi connectivity index (χ2n) is 6.79. The predicted molar refractivity (Wildman–Crippen MR) is 122 cm³/mol. The molecule has 10 nitrogen and oxygen atoms in total. The number of benzene rings is 2. The monoisotopic (exact) mass is 489 g/mol. The Morgan fingerprint density at radius 2 is 1.53 bits per heavy atom. The van der Waals surface area contributed by atoms with E-state index in [0.29, 0.717) is 4.31 Å². The van der Waals surface area contributed by atoms with Gasteiger partial charge in [-0.1, -0.05) is 30.3 Å². The zero-order chi connectivity index (χ0) is 24.7. The Bertz CT molecular complexity index is 1330. The third-order valence-corrected chi connectivity index (χ3v) is 6.30. The van der Waals surface area contributed by atoms with Gasteiger partial charge in [0.1, 0.15) is 12.1 Å². The molecule has 0 atom stereocenters. The second-order valence-corrected chi connectivity index (χ2v) is 8.65. The van der Waals surface area contributed by atoms with E-state index >= 15 is 0 Å². The molecule has 3 aromatic rings. The van der Waals surface area contributed by atoms with E-state index in [4.69, 9.17) is 18.6 Å². The first-order chi connectivity index (χ1) is 16.3. The van der Waals surface area contributed by atoms with E-state index in [1.54, 1.807) is 32.0 Å². The van der Waals surface area contributed by atoms with Crippen molar-refractivity contribution in [2.24, 2.45) is 0 Å². The number of esters is 2. The zero-order valence-electron chi connectivity index (χ0n) is 18.6. The normalized spacial score (nSPS) is 11.1. The first-order valence-electron chi connectivity index (χ1n) is 10.4. The number of para-hydroxylation sites is 1. The molecule has 0 spiro atoms. The van der Waals surface area contributed by atoms with E-state index in [-0.39, 0.29) is 34.8 Å². The minimum Gasteiger partial charge on any atom is -0.479 e. The number of ether oxygens (including phenoxy) is 3. The van der Waals surface area contributed by atoms with Crippen LogP contribution >= 0.6 is 0 Å². The largest absolute Gasteiger partial charge is 0.479 e. The highest BCUT2D eigenvalue weighted by Gasteiger charge is 2.34. The number of hydrogen-bond acceptors (Lipinski definition) is 9. The quantitative estimate of drug-likeness (QED) is 0.311. The van der Waals surface area contributed by atoms with Gasteiger partial charge in [0.15, 0.2) is 18.0 Å². The van der Waals surface area contributed by atoms with E-state index in [2.05, 4.69) is 0 Å². The molecule has 1 aromatic heterocycles. The van der Waals surface area contributed by atoms with Gasteiger partial charge in [-0.2, -0.15) is 0 Å². The lowest BCUT2D eigenvalue weighted by Gasteiger charge is -2.24. The van der Waals surface area contributed by atoms with Gasteiger partial charge >= 0.3 is 17.6 Å². The fourth-order valence-electron chi connectivity index (χ4n) is 3.13. The molecule has 0 saturated carbocycles. The summed E-state index contributed by atoms with van der Waals surface area (Å²) in [4.78, 5) is 37.2. The molecule has 180 valence electrons. The molecule has 0 radical (unpaired) electrons. The van der Waals surface area contributed by atoms with Crippen LogP contribution in [0.4, 0.5) is 5.69 Å². The molecule has 0 fully saturated rings. The van der Waals surface area contributed by atoms with Gasteiger partial charge in [-0.05, 0) is 38.1 Å². The summed E-state index contributed by atoms with van der Waals surface area (Å²) in [6.45, 7) is 1.84.